The van der Waals surface area contributed by atoms with Crippen molar-refractivity contribution in [3.8, 4) is 0 Å². The van der Waals surface area contributed by atoms with Gasteiger partial charge in [0.1, 0.15) is 0 Å². The fourth-order valence-electron chi connectivity index (χ4n) is 1.68. The second-order valence-corrected chi connectivity index (χ2v) is 5.11. The Morgan fingerprint density at radius 3 is 2.76 bits per heavy atom. The molecule has 0 bridgehead atoms. The quantitative estimate of drug-likeness (QED) is 0.854. The molecule has 0 amide bonds. The average Bonchev–Trinajstić information content (AvgIpc) is 2.77. The van der Waals surface area contributed by atoms with Crippen LogP contribution in [0.25, 0.3) is 0 Å². The van der Waals surface area contributed by atoms with E-state index in [1.165, 1.54) is 10.4 Å². The Labute approximate surface area is 106 Å². The number of hydrogen-bond donors (Lipinski definition) is 2. The van der Waals surface area contributed by atoms with Crippen molar-refractivity contribution in [2.45, 2.75) is 19.4 Å². The second kappa shape index (κ2) is 5.80. The molecule has 0 spiro atoms. The van der Waals surface area contributed by atoms with Gasteiger partial charge in [-0.05, 0) is 25.5 Å². The largest absolute Gasteiger partial charge is 0.375 e. The monoisotopic (exact) mass is 247 g/mol. The van der Waals surface area contributed by atoms with Gasteiger partial charge in [-0.3, -0.25) is 0 Å². The summed E-state index contributed by atoms with van der Waals surface area (Å²) in [6, 6.07) is 10.8. The van der Waals surface area contributed by atoms with E-state index in [0.717, 1.165) is 13.0 Å². The molecule has 1 unspecified atom stereocenters. The molecule has 0 radical (unpaired) electrons. The van der Waals surface area contributed by atoms with Gasteiger partial charge >= 0.3 is 0 Å². The third-order valence-electron chi connectivity index (χ3n) is 2.68. The van der Waals surface area contributed by atoms with Crippen LogP contribution in [0.15, 0.2) is 36.5 Å². The molecule has 0 fully saturated rings. The number of nitrogens with one attached hydrogen (secondary N) is 1. The number of aromatic nitrogens is 1. The Hall–Kier alpha value is -1.39. The lowest BCUT2D eigenvalue weighted by molar-refractivity contribution is 0.584. The molecule has 0 aliphatic rings. The molecule has 90 valence electrons. The number of hydrogen-bond acceptors (Lipinski definition) is 4. The summed E-state index contributed by atoms with van der Waals surface area (Å²) in [5.41, 5.74) is 6.97. The number of benzene rings is 1. The van der Waals surface area contributed by atoms with Gasteiger partial charge in [0.15, 0.2) is 5.13 Å². The summed E-state index contributed by atoms with van der Waals surface area (Å²) in [5, 5.41) is 4.11. The molecule has 0 aliphatic heterocycles. The molecule has 2 rings (SSSR count). The van der Waals surface area contributed by atoms with Crippen molar-refractivity contribution in [2.75, 3.05) is 12.3 Å². The minimum Gasteiger partial charge on any atom is -0.375 e. The fourth-order valence-corrected chi connectivity index (χ4v) is 2.39. The van der Waals surface area contributed by atoms with Gasteiger partial charge in [0.2, 0.25) is 0 Å². The molecule has 0 saturated heterocycles. The third kappa shape index (κ3) is 3.54. The van der Waals surface area contributed by atoms with E-state index in [0.29, 0.717) is 11.2 Å². The third-order valence-corrected chi connectivity index (χ3v) is 3.68. The molecular formula is C13H17N3S. The van der Waals surface area contributed by atoms with Crippen LogP contribution < -0.4 is 11.1 Å². The summed E-state index contributed by atoms with van der Waals surface area (Å²) in [6.45, 7) is 3.10. The summed E-state index contributed by atoms with van der Waals surface area (Å²) >= 11 is 1.55. The van der Waals surface area contributed by atoms with Crippen molar-refractivity contribution in [3.63, 3.8) is 0 Å². The Kier molecular flexibility index (Phi) is 4.12. The van der Waals surface area contributed by atoms with E-state index in [1.807, 2.05) is 12.3 Å². The minimum absolute atomic E-state index is 0.313. The predicted octanol–water partition coefficient (Wildman–Crippen LogP) is 2.62. The van der Waals surface area contributed by atoms with Gasteiger partial charge in [0.25, 0.3) is 0 Å². The summed E-state index contributed by atoms with van der Waals surface area (Å²) in [4.78, 5) is 5.25. The smallest absolute Gasteiger partial charge is 0.180 e. The summed E-state index contributed by atoms with van der Waals surface area (Å²) in [6.07, 6.45) is 2.89. The molecule has 17 heavy (non-hydrogen) atoms. The highest BCUT2D eigenvalue weighted by molar-refractivity contribution is 7.15. The SMILES string of the molecule is CC(NCCc1ccccc1)c1cnc(N)s1. The van der Waals surface area contributed by atoms with Crippen LogP contribution in [0.5, 0.6) is 0 Å². The van der Waals surface area contributed by atoms with Gasteiger partial charge in [0.05, 0.1) is 0 Å². The normalized spacial score (nSPS) is 12.5. The number of thiazole rings is 1. The van der Waals surface area contributed by atoms with Gasteiger partial charge in [-0.15, -0.1) is 11.3 Å². The zero-order valence-electron chi connectivity index (χ0n) is 9.89. The van der Waals surface area contributed by atoms with Gasteiger partial charge in [-0.1, -0.05) is 30.3 Å². The highest BCUT2D eigenvalue weighted by Crippen LogP contribution is 2.21. The van der Waals surface area contributed by atoms with Crippen molar-refractivity contribution >= 4 is 16.5 Å². The predicted molar refractivity (Wildman–Crippen MR) is 73.1 cm³/mol. The first kappa shape index (κ1) is 12.1. The molecule has 4 heteroatoms. The average molecular weight is 247 g/mol. The highest BCUT2D eigenvalue weighted by Gasteiger charge is 2.07. The standard InChI is InChI=1S/C13H17N3S/c1-10(12-9-16-13(14)17-12)15-8-7-11-5-3-2-4-6-11/h2-6,9-10,15H,7-8H2,1H3,(H2,14,16). The number of nitrogens with two attached hydrogens (primary N) is 1. The Morgan fingerprint density at radius 1 is 1.35 bits per heavy atom. The molecule has 1 atom stereocenters. The molecule has 0 saturated carbocycles. The van der Waals surface area contributed by atoms with Crippen molar-refractivity contribution in [1.82, 2.24) is 10.3 Å². The van der Waals surface area contributed by atoms with E-state index in [4.69, 9.17) is 5.73 Å². The first-order valence-electron chi connectivity index (χ1n) is 5.74. The highest BCUT2D eigenvalue weighted by atomic mass is 32.1. The van der Waals surface area contributed by atoms with Crippen molar-refractivity contribution in [1.29, 1.82) is 0 Å². The van der Waals surface area contributed by atoms with Crippen LogP contribution in [0.3, 0.4) is 0 Å². The van der Waals surface area contributed by atoms with E-state index in [2.05, 4.69) is 41.5 Å². The maximum absolute atomic E-state index is 5.62. The lowest BCUT2D eigenvalue weighted by atomic mass is 10.1. The van der Waals surface area contributed by atoms with Crippen LogP contribution in [-0.2, 0) is 6.42 Å². The first-order valence-corrected chi connectivity index (χ1v) is 6.56. The van der Waals surface area contributed by atoms with E-state index in [-0.39, 0.29) is 0 Å². The minimum atomic E-state index is 0.313. The van der Waals surface area contributed by atoms with Crippen LogP contribution in [-0.4, -0.2) is 11.5 Å². The molecule has 3 nitrogen and oxygen atoms in total. The van der Waals surface area contributed by atoms with E-state index < -0.39 is 0 Å². The molecule has 2 aromatic rings. The number of nitrogen functional groups attached to an aromatic ring is 1. The molecule has 3 N–H and O–H groups in total. The van der Waals surface area contributed by atoms with Crippen LogP contribution in [0.4, 0.5) is 5.13 Å². The summed E-state index contributed by atoms with van der Waals surface area (Å²) < 4.78 is 0. The van der Waals surface area contributed by atoms with Crippen molar-refractivity contribution in [2.24, 2.45) is 0 Å². The summed E-state index contributed by atoms with van der Waals surface area (Å²) in [5.74, 6) is 0. The topological polar surface area (TPSA) is 50.9 Å². The molecule has 0 aliphatic carbocycles. The van der Waals surface area contributed by atoms with Crippen molar-refractivity contribution in [3.05, 3.63) is 47.0 Å². The zero-order chi connectivity index (χ0) is 12.1. The molecule has 1 aromatic heterocycles. The number of anilines is 1. The second-order valence-electron chi connectivity index (χ2n) is 4.01. The lowest BCUT2D eigenvalue weighted by Crippen LogP contribution is -2.20. The van der Waals surface area contributed by atoms with Crippen LogP contribution >= 0.6 is 11.3 Å². The Morgan fingerprint density at radius 2 is 2.12 bits per heavy atom. The maximum atomic E-state index is 5.62. The summed E-state index contributed by atoms with van der Waals surface area (Å²) in [7, 11) is 0. The fraction of sp³-hybridized carbons (Fsp3) is 0.308. The molecule has 1 aromatic carbocycles. The van der Waals surface area contributed by atoms with Gasteiger partial charge in [-0.25, -0.2) is 4.98 Å². The first-order chi connectivity index (χ1) is 8.25. The van der Waals surface area contributed by atoms with Crippen molar-refractivity contribution < 1.29 is 0 Å². The maximum Gasteiger partial charge on any atom is 0.180 e. The van der Waals surface area contributed by atoms with Gasteiger partial charge in [-0.2, -0.15) is 0 Å². The number of nitrogens with zero attached hydrogens (tertiary/aromatic N) is 1. The zero-order valence-corrected chi connectivity index (χ0v) is 10.7. The Balaban J connectivity index is 1.79. The van der Waals surface area contributed by atoms with E-state index in [1.54, 1.807) is 11.3 Å². The van der Waals surface area contributed by atoms with Crippen LogP contribution in [0, 0.1) is 0 Å². The number of rotatable bonds is 5. The van der Waals surface area contributed by atoms with E-state index in [9.17, 15) is 0 Å². The molecule has 1 heterocycles. The van der Waals surface area contributed by atoms with Gasteiger partial charge in [0, 0.05) is 17.1 Å². The Bertz CT molecular complexity index is 453. The van der Waals surface area contributed by atoms with E-state index >= 15 is 0 Å². The lowest BCUT2D eigenvalue weighted by Gasteiger charge is -2.11. The van der Waals surface area contributed by atoms with Gasteiger partial charge < -0.3 is 11.1 Å². The van der Waals surface area contributed by atoms with Crippen LogP contribution in [0.2, 0.25) is 0 Å². The molecular weight excluding hydrogens is 230 g/mol. The van der Waals surface area contributed by atoms with Crippen LogP contribution in [0.1, 0.15) is 23.4 Å².